The van der Waals surface area contributed by atoms with Crippen LogP contribution in [0.15, 0.2) is 12.1 Å². The standard InChI is InChI=1S/C11H17NOS/c1-8-6-13-7-11(8)12-5-10-4-3-9(2)14-10/h3-4,8,11-12H,5-7H2,1-2H3. The lowest BCUT2D eigenvalue weighted by atomic mass is 10.1. The van der Waals surface area contributed by atoms with E-state index in [2.05, 4.69) is 31.3 Å². The van der Waals surface area contributed by atoms with Crippen LogP contribution in [-0.2, 0) is 11.3 Å². The van der Waals surface area contributed by atoms with Crippen LogP contribution in [0.25, 0.3) is 0 Å². The summed E-state index contributed by atoms with van der Waals surface area (Å²) in [6.07, 6.45) is 0. The normalized spacial score (nSPS) is 27.0. The van der Waals surface area contributed by atoms with Crippen molar-refractivity contribution in [3.63, 3.8) is 0 Å². The molecule has 0 amide bonds. The van der Waals surface area contributed by atoms with Crippen LogP contribution in [0.5, 0.6) is 0 Å². The summed E-state index contributed by atoms with van der Waals surface area (Å²) < 4.78 is 5.40. The summed E-state index contributed by atoms with van der Waals surface area (Å²) in [5, 5.41) is 3.55. The van der Waals surface area contributed by atoms with E-state index in [4.69, 9.17) is 4.74 Å². The van der Waals surface area contributed by atoms with Crippen molar-refractivity contribution in [2.24, 2.45) is 5.92 Å². The molecular weight excluding hydrogens is 194 g/mol. The summed E-state index contributed by atoms with van der Waals surface area (Å²) in [5.41, 5.74) is 0. The van der Waals surface area contributed by atoms with E-state index in [-0.39, 0.29) is 0 Å². The molecule has 2 rings (SSSR count). The van der Waals surface area contributed by atoms with E-state index < -0.39 is 0 Å². The molecule has 2 atom stereocenters. The summed E-state index contributed by atoms with van der Waals surface area (Å²) in [6, 6.07) is 4.92. The van der Waals surface area contributed by atoms with Gasteiger partial charge in [-0.05, 0) is 25.0 Å². The van der Waals surface area contributed by atoms with Gasteiger partial charge in [0.25, 0.3) is 0 Å². The first-order chi connectivity index (χ1) is 6.75. The zero-order valence-corrected chi connectivity index (χ0v) is 9.56. The zero-order chi connectivity index (χ0) is 9.97. The first-order valence-electron chi connectivity index (χ1n) is 5.12. The lowest BCUT2D eigenvalue weighted by molar-refractivity contribution is 0.184. The van der Waals surface area contributed by atoms with Gasteiger partial charge in [-0.3, -0.25) is 0 Å². The average molecular weight is 211 g/mol. The van der Waals surface area contributed by atoms with Gasteiger partial charge in [0.15, 0.2) is 0 Å². The second-order valence-corrected chi connectivity index (χ2v) is 5.39. The molecule has 0 bridgehead atoms. The van der Waals surface area contributed by atoms with E-state index in [0.29, 0.717) is 12.0 Å². The Bertz CT molecular complexity index is 297. The quantitative estimate of drug-likeness (QED) is 0.827. The van der Waals surface area contributed by atoms with Gasteiger partial charge in [0, 0.05) is 22.3 Å². The molecule has 1 aliphatic heterocycles. The van der Waals surface area contributed by atoms with Crippen molar-refractivity contribution >= 4 is 11.3 Å². The van der Waals surface area contributed by atoms with Gasteiger partial charge in [0.2, 0.25) is 0 Å². The molecule has 0 aromatic carbocycles. The highest BCUT2D eigenvalue weighted by Crippen LogP contribution is 2.17. The van der Waals surface area contributed by atoms with E-state index >= 15 is 0 Å². The zero-order valence-electron chi connectivity index (χ0n) is 8.75. The SMILES string of the molecule is Cc1ccc(CNC2COCC2C)s1. The Hall–Kier alpha value is -0.380. The van der Waals surface area contributed by atoms with Gasteiger partial charge in [-0.2, -0.15) is 0 Å². The molecule has 1 aromatic rings. The fourth-order valence-electron chi connectivity index (χ4n) is 1.73. The Balaban J connectivity index is 1.82. The van der Waals surface area contributed by atoms with Crippen LogP contribution in [0, 0.1) is 12.8 Å². The van der Waals surface area contributed by atoms with Crippen LogP contribution in [0.4, 0.5) is 0 Å². The van der Waals surface area contributed by atoms with Crippen LogP contribution < -0.4 is 5.32 Å². The van der Waals surface area contributed by atoms with Crippen LogP contribution in [0.2, 0.25) is 0 Å². The van der Waals surface area contributed by atoms with Crippen molar-refractivity contribution in [3.8, 4) is 0 Å². The van der Waals surface area contributed by atoms with E-state index in [1.54, 1.807) is 0 Å². The summed E-state index contributed by atoms with van der Waals surface area (Å²) in [7, 11) is 0. The minimum atomic E-state index is 0.539. The first-order valence-corrected chi connectivity index (χ1v) is 5.94. The molecule has 2 heterocycles. The molecule has 14 heavy (non-hydrogen) atoms. The third-order valence-electron chi connectivity index (χ3n) is 2.70. The number of ether oxygens (including phenoxy) is 1. The van der Waals surface area contributed by atoms with Gasteiger partial charge in [-0.15, -0.1) is 11.3 Å². The molecule has 1 aromatic heterocycles. The third-order valence-corrected chi connectivity index (χ3v) is 3.70. The minimum Gasteiger partial charge on any atom is -0.379 e. The van der Waals surface area contributed by atoms with Crippen molar-refractivity contribution in [3.05, 3.63) is 21.9 Å². The van der Waals surface area contributed by atoms with E-state index in [0.717, 1.165) is 19.8 Å². The van der Waals surface area contributed by atoms with Crippen molar-refractivity contribution in [2.45, 2.75) is 26.4 Å². The fraction of sp³-hybridized carbons (Fsp3) is 0.636. The second kappa shape index (κ2) is 4.43. The maximum atomic E-state index is 5.40. The van der Waals surface area contributed by atoms with Crippen LogP contribution >= 0.6 is 11.3 Å². The summed E-state index contributed by atoms with van der Waals surface area (Å²) in [6.45, 7) is 7.14. The smallest absolute Gasteiger partial charge is 0.0623 e. The number of aryl methyl sites for hydroxylation is 1. The molecule has 2 unspecified atom stereocenters. The summed E-state index contributed by atoms with van der Waals surface area (Å²) >= 11 is 1.87. The molecule has 2 nitrogen and oxygen atoms in total. The molecule has 0 aliphatic carbocycles. The van der Waals surface area contributed by atoms with Crippen LogP contribution in [0.1, 0.15) is 16.7 Å². The number of thiophene rings is 1. The van der Waals surface area contributed by atoms with E-state index in [1.165, 1.54) is 9.75 Å². The van der Waals surface area contributed by atoms with Gasteiger partial charge in [0.1, 0.15) is 0 Å². The van der Waals surface area contributed by atoms with Gasteiger partial charge >= 0.3 is 0 Å². The second-order valence-electron chi connectivity index (χ2n) is 4.01. The Morgan fingerprint density at radius 1 is 1.50 bits per heavy atom. The van der Waals surface area contributed by atoms with Crippen molar-refractivity contribution < 1.29 is 4.74 Å². The molecular formula is C11H17NOS. The fourth-order valence-corrected chi connectivity index (χ4v) is 2.57. The first kappa shape index (κ1) is 10.1. The van der Waals surface area contributed by atoms with E-state index in [1.807, 2.05) is 11.3 Å². The topological polar surface area (TPSA) is 21.3 Å². The maximum Gasteiger partial charge on any atom is 0.0623 e. The number of hydrogen-bond donors (Lipinski definition) is 1. The van der Waals surface area contributed by atoms with Gasteiger partial charge in [0.05, 0.1) is 13.2 Å². The Morgan fingerprint density at radius 3 is 2.93 bits per heavy atom. The molecule has 1 saturated heterocycles. The lowest BCUT2D eigenvalue weighted by Gasteiger charge is -2.14. The van der Waals surface area contributed by atoms with Crippen molar-refractivity contribution in [1.82, 2.24) is 5.32 Å². The minimum absolute atomic E-state index is 0.539. The Labute approximate surface area is 89.3 Å². The predicted molar refractivity (Wildman–Crippen MR) is 59.7 cm³/mol. The third kappa shape index (κ3) is 2.35. The molecule has 0 spiro atoms. The number of hydrogen-bond acceptors (Lipinski definition) is 3. The molecule has 1 aliphatic rings. The molecule has 1 fully saturated rings. The molecule has 78 valence electrons. The monoisotopic (exact) mass is 211 g/mol. The highest BCUT2D eigenvalue weighted by Gasteiger charge is 2.23. The summed E-state index contributed by atoms with van der Waals surface area (Å²) in [5.74, 6) is 0.649. The number of rotatable bonds is 3. The predicted octanol–water partition coefficient (Wildman–Crippen LogP) is 2.18. The molecule has 0 radical (unpaired) electrons. The molecule has 0 saturated carbocycles. The number of nitrogens with one attached hydrogen (secondary N) is 1. The van der Waals surface area contributed by atoms with Crippen molar-refractivity contribution in [2.75, 3.05) is 13.2 Å². The lowest BCUT2D eigenvalue weighted by Crippen LogP contribution is -2.33. The Morgan fingerprint density at radius 2 is 2.36 bits per heavy atom. The molecule has 1 N–H and O–H groups in total. The van der Waals surface area contributed by atoms with E-state index in [9.17, 15) is 0 Å². The largest absolute Gasteiger partial charge is 0.379 e. The van der Waals surface area contributed by atoms with Crippen LogP contribution in [0.3, 0.4) is 0 Å². The Kier molecular flexibility index (Phi) is 3.21. The average Bonchev–Trinajstić information content (AvgIpc) is 2.72. The summed E-state index contributed by atoms with van der Waals surface area (Å²) in [4.78, 5) is 2.80. The molecule has 3 heteroatoms. The van der Waals surface area contributed by atoms with Crippen LogP contribution in [-0.4, -0.2) is 19.3 Å². The van der Waals surface area contributed by atoms with Gasteiger partial charge in [-0.1, -0.05) is 6.92 Å². The van der Waals surface area contributed by atoms with Gasteiger partial charge in [-0.25, -0.2) is 0 Å². The maximum absolute atomic E-state index is 5.40. The highest BCUT2D eigenvalue weighted by molar-refractivity contribution is 7.11. The van der Waals surface area contributed by atoms with Crippen molar-refractivity contribution in [1.29, 1.82) is 0 Å². The highest BCUT2D eigenvalue weighted by atomic mass is 32.1. The van der Waals surface area contributed by atoms with Gasteiger partial charge < -0.3 is 10.1 Å².